The number of allylic oxidation sites excluding steroid dienone is 1. The number of rotatable bonds is 6. The number of benzene rings is 1. The summed E-state index contributed by atoms with van der Waals surface area (Å²) < 4.78 is 53.8. The van der Waals surface area contributed by atoms with Crippen molar-refractivity contribution in [2.45, 2.75) is 53.0 Å². The van der Waals surface area contributed by atoms with Crippen LogP contribution in [-0.2, 0) is 17.9 Å². The molecule has 26 heavy (non-hydrogen) atoms. The first-order chi connectivity index (χ1) is 12.0. The zero-order chi connectivity index (χ0) is 20.1. The fourth-order valence-electron chi connectivity index (χ4n) is 2.33. The van der Waals surface area contributed by atoms with Gasteiger partial charge < -0.3 is 11.1 Å². The first kappa shape index (κ1) is 21.8. The lowest BCUT2D eigenvalue weighted by Crippen LogP contribution is -2.35. The van der Waals surface area contributed by atoms with Crippen molar-refractivity contribution in [2.75, 3.05) is 0 Å². The summed E-state index contributed by atoms with van der Waals surface area (Å²) in [5.41, 5.74) is 4.71. The van der Waals surface area contributed by atoms with Crippen LogP contribution in [0.15, 0.2) is 28.8 Å². The Hall–Kier alpha value is -2.22. The molecule has 0 aliphatic carbocycles. The summed E-state index contributed by atoms with van der Waals surface area (Å²) in [5.74, 6) is -1.41. The molecule has 0 heterocycles. The van der Waals surface area contributed by atoms with Gasteiger partial charge in [-0.3, -0.25) is 9.79 Å². The normalized spacial score (nSPS) is 13.3. The van der Waals surface area contributed by atoms with Crippen LogP contribution >= 0.6 is 0 Å². The molecular weight excluding hydrogens is 350 g/mol. The number of carbonyl (C=O) groups excluding carboxylic acids is 1. The fraction of sp³-hybridized carbons (Fsp3) is 0.444. The Kier molecular flexibility index (Phi) is 7.50. The lowest BCUT2D eigenvalue weighted by atomic mass is 10.0. The van der Waals surface area contributed by atoms with Gasteiger partial charge in [0.25, 0.3) is 5.91 Å². The number of carbonyl (C=O) groups is 1. The van der Waals surface area contributed by atoms with Crippen molar-refractivity contribution in [3.05, 3.63) is 46.3 Å². The lowest BCUT2D eigenvalue weighted by molar-refractivity contribution is -0.117. The number of hydrogen-bond acceptors (Lipinski definition) is 3. The minimum absolute atomic E-state index is 0.0304. The molecule has 0 aliphatic heterocycles. The predicted molar refractivity (Wildman–Crippen MR) is 93.3 cm³/mol. The number of amides is 1. The third kappa shape index (κ3) is 5.39. The van der Waals surface area contributed by atoms with Crippen LogP contribution in [0.3, 0.4) is 0 Å². The van der Waals surface area contributed by atoms with E-state index in [1.165, 1.54) is 33.8 Å². The van der Waals surface area contributed by atoms with E-state index in [0.717, 1.165) is 6.08 Å². The molecular formula is C18H23F4N3O. The number of nitrogens with zero attached hydrogens (tertiary/aromatic N) is 1. The molecule has 0 atom stereocenters. The molecule has 8 heteroatoms. The van der Waals surface area contributed by atoms with Crippen molar-refractivity contribution < 1.29 is 22.4 Å². The zero-order valence-electron chi connectivity index (χ0n) is 15.2. The second-order valence-corrected chi connectivity index (χ2v) is 5.98. The first-order valence-corrected chi connectivity index (χ1v) is 8.09. The summed E-state index contributed by atoms with van der Waals surface area (Å²) >= 11 is 0. The minimum Gasteiger partial charge on any atom is -0.348 e. The highest BCUT2D eigenvalue weighted by atomic mass is 19.4. The molecule has 144 valence electrons. The second-order valence-electron chi connectivity index (χ2n) is 5.98. The van der Waals surface area contributed by atoms with Gasteiger partial charge in [0.05, 0.1) is 5.57 Å². The highest BCUT2D eigenvalue weighted by Gasteiger charge is 2.40. The van der Waals surface area contributed by atoms with E-state index >= 15 is 0 Å². The summed E-state index contributed by atoms with van der Waals surface area (Å²) in [5, 5.41) is 2.40. The maximum atomic E-state index is 14.1. The SMILES string of the molecule is C/C=C(C(=O)NCc1ccc(CN)c(F)c1C)\C(=N/C(C)C)C(F)(F)F. The molecule has 1 rings (SSSR count). The van der Waals surface area contributed by atoms with Crippen LogP contribution in [0.1, 0.15) is 37.5 Å². The van der Waals surface area contributed by atoms with Crippen molar-refractivity contribution >= 4 is 11.6 Å². The Morgan fingerprint density at radius 2 is 1.88 bits per heavy atom. The van der Waals surface area contributed by atoms with Crippen molar-refractivity contribution in [2.24, 2.45) is 10.7 Å². The van der Waals surface area contributed by atoms with Crippen LogP contribution in [0.5, 0.6) is 0 Å². The van der Waals surface area contributed by atoms with Crippen molar-refractivity contribution in [3.63, 3.8) is 0 Å². The van der Waals surface area contributed by atoms with Crippen LogP contribution in [0.2, 0.25) is 0 Å². The molecule has 0 spiro atoms. The standard InChI is InChI=1S/C18H23F4N3O/c1-5-14(16(18(20,21)22)25-10(2)3)17(26)24-9-13-7-6-12(8-23)15(19)11(13)4/h5-7,10H,8-9,23H2,1-4H3,(H,24,26)/b14-5+,25-16+. The Balaban J connectivity index is 3.04. The highest BCUT2D eigenvalue weighted by Crippen LogP contribution is 2.24. The molecule has 0 saturated heterocycles. The second kappa shape index (κ2) is 8.93. The number of aliphatic imine (C=N–C) groups is 1. The Labute approximate surface area is 150 Å². The van der Waals surface area contributed by atoms with Gasteiger partial charge >= 0.3 is 6.18 Å². The molecule has 0 unspecified atom stereocenters. The molecule has 0 fully saturated rings. The molecule has 1 aromatic rings. The van der Waals surface area contributed by atoms with E-state index in [1.54, 1.807) is 6.07 Å². The number of halogens is 4. The van der Waals surface area contributed by atoms with Gasteiger partial charge in [0.15, 0.2) is 5.71 Å². The zero-order valence-corrected chi connectivity index (χ0v) is 15.2. The van der Waals surface area contributed by atoms with Gasteiger partial charge in [-0.1, -0.05) is 18.2 Å². The molecule has 1 amide bonds. The molecule has 0 saturated carbocycles. The third-order valence-corrected chi connectivity index (χ3v) is 3.68. The van der Waals surface area contributed by atoms with Gasteiger partial charge in [-0.15, -0.1) is 0 Å². The van der Waals surface area contributed by atoms with Gasteiger partial charge in [-0.25, -0.2) is 4.39 Å². The Bertz CT molecular complexity index is 722. The molecule has 0 radical (unpaired) electrons. The average Bonchev–Trinajstić information content (AvgIpc) is 2.54. The fourth-order valence-corrected chi connectivity index (χ4v) is 2.33. The summed E-state index contributed by atoms with van der Waals surface area (Å²) in [6, 6.07) is 2.44. The number of nitrogens with two attached hydrogens (primary N) is 1. The van der Waals surface area contributed by atoms with Gasteiger partial charge in [0.1, 0.15) is 5.82 Å². The minimum atomic E-state index is -4.76. The summed E-state index contributed by atoms with van der Waals surface area (Å²) in [6.45, 7) is 5.74. The molecule has 4 nitrogen and oxygen atoms in total. The van der Waals surface area contributed by atoms with E-state index in [1.807, 2.05) is 0 Å². The van der Waals surface area contributed by atoms with Crippen LogP contribution in [-0.4, -0.2) is 23.8 Å². The summed E-state index contributed by atoms with van der Waals surface area (Å²) in [6.07, 6.45) is -3.69. The van der Waals surface area contributed by atoms with Crippen molar-refractivity contribution in [1.29, 1.82) is 0 Å². The predicted octanol–water partition coefficient (Wildman–Crippen LogP) is 3.57. The number of alkyl halides is 3. The van der Waals surface area contributed by atoms with Crippen molar-refractivity contribution in [3.8, 4) is 0 Å². The van der Waals surface area contributed by atoms with E-state index < -0.39 is 35.2 Å². The number of nitrogens with one attached hydrogen (secondary N) is 1. The topological polar surface area (TPSA) is 67.5 Å². The van der Waals surface area contributed by atoms with Gasteiger partial charge in [-0.2, -0.15) is 13.2 Å². The summed E-state index contributed by atoms with van der Waals surface area (Å²) in [7, 11) is 0. The van der Waals surface area contributed by atoms with E-state index in [0.29, 0.717) is 16.7 Å². The summed E-state index contributed by atoms with van der Waals surface area (Å²) in [4.78, 5) is 15.8. The van der Waals surface area contributed by atoms with Gasteiger partial charge in [0.2, 0.25) is 0 Å². The average molecular weight is 373 g/mol. The van der Waals surface area contributed by atoms with Crippen LogP contribution in [0.4, 0.5) is 17.6 Å². The first-order valence-electron chi connectivity index (χ1n) is 8.09. The highest BCUT2D eigenvalue weighted by molar-refractivity contribution is 6.23. The molecule has 0 bridgehead atoms. The van der Waals surface area contributed by atoms with Gasteiger partial charge in [0, 0.05) is 24.7 Å². The monoisotopic (exact) mass is 373 g/mol. The van der Waals surface area contributed by atoms with Gasteiger partial charge in [-0.05, 0) is 38.8 Å². The maximum Gasteiger partial charge on any atom is 0.433 e. The molecule has 0 aromatic heterocycles. The Morgan fingerprint density at radius 1 is 1.31 bits per heavy atom. The third-order valence-electron chi connectivity index (χ3n) is 3.68. The van der Waals surface area contributed by atoms with E-state index in [-0.39, 0.29) is 13.1 Å². The molecule has 3 N–H and O–H groups in total. The lowest BCUT2D eigenvalue weighted by Gasteiger charge is -2.16. The smallest absolute Gasteiger partial charge is 0.348 e. The van der Waals surface area contributed by atoms with E-state index in [2.05, 4.69) is 10.3 Å². The molecule has 1 aromatic carbocycles. The quantitative estimate of drug-likeness (QED) is 0.455. The van der Waals surface area contributed by atoms with E-state index in [4.69, 9.17) is 5.73 Å². The van der Waals surface area contributed by atoms with Crippen LogP contribution < -0.4 is 11.1 Å². The van der Waals surface area contributed by atoms with E-state index in [9.17, 15) is 22.4 Å². The maximum absolute atomic E-state index is 14.1. The van der Waals surface area contributed by atoms with Crippen molar-refractivity contribution in [1.82, 2.24) is 5.32 Å². The molecule has 0 aliphatic rings. The van der Waals surface area contributed by atoms with Crippen LogP contribution in [0.25, 0.3) is 0 Å². The Morgan fingerprint density at radius 3 is 2.35 bits per heavy atom. The largest absolute Gasteiger partial charge is 0.433 e. The number of hydrogen-bond donors (Lipinski definition) is 2. The van der Waals surface area contributed by atoms with Crippen LogP contribution in [0, 0.1) is 12.7 Å².